The fraction of sp³-hybridized carbons (Fsp3) is 0.545. The molecule has 0 saturated heterocycles. The number of aromatic nitrogens is 1. The number of nitrogen functional groups attached to an aromatic ring is 1. The number of nitrogens with one attached hydrogen (secondary N) is 2. The van der Waals surface area contributed by atoms with E-state index in [1.165, 1.54) is 0 Å². The Labute approximate surface area is 114 Å². The number of nitrogens with two attached hydrogens (primary N) is 2. The van der Waals surface area contributed by atoms with Crippen LogP contribution in [0.3, 0.4) is 0 Å². The number of amides is 2. The molecule has 0 spiro atoms. The fourth-order valence-electron chi connectivity index (χ4n) is 1.59. The SMILES string of the molecule is NC(=O)CCCNc1snc(N)c1C(=O)NC1CC1. The number of rotatable bonds is 7. The topological polar surface area (TPSA) is 123 Å². The number of nitrogens with zero attached hydrogens (tertiary/aromatic N) is 1. The van der Waals surface area contributed by atoms with Gasteiger partial charge in [-0.1, -0.05) is 0 Å². The summed E-state index contributed by atoms with van der Waals surface area (Å²) in [5, 5.41) is 6.59. The Hall–Kier alpha value is -1.83. The molecule has 19 heavy (non-hydrogen) atoms. The van der Waals surface area contributed by atoms with Crippen LogP contribution < -0.4 is 22.1 Å². The maximum Gasteiger partial charge on any atom is 0.258 e. The lowest BCUT2D eigenvalue weighted by molar-refractivity contribution is -0.118. The number of hydrogen-bond acceptors (Lipinski definition) is 6. The standard InChI is InChI=1S/C11H17N5O2S/c12-7(17)2-1-5-14-11-8(9(13)16-19-11)10(18)15-6-3-4-6/h6,14H,1-5H2,(H2,12,17)(H2,13,16)(H,15,18). The van der Waals surface area contributed by atoms with Gasteiger partial charge in [0.1, 0.15) is 10.6 Å². The largest absolute Gasteiger partial charge is 0.382 e. The molecule has 8 heteroatoms. The number of primary amides is 1. The highest BCUT2D eigenvalue weighted by atomic mass is 32.1. The van der Waals surface area contributed by atoms with Gasteiger partial charge in [0.25, 0.3) is 5.91 Å². The van der Waals surface area contributed by atoms with Crippen molar-refractivity contribution in [1.82, 2.24) is 9.69 Å². The molecule has 0 aliphatic heterocycles. The Bertz CT molecular complexity index is 483. The molecule has 2 amide bonds. The highest BCUT2D eigenvalue weighted by Crippen LogP contribution is 2.28. The van der Waals surface area contributed by atoms with Gasteiger partial charge in [0.05, 0.1) is 0 Å². The van der Waals surface area contributed by atoms with Gasteiger partial charge in [-0.3, -0.25) is 9.59 Å². The van der Waals surface area contributed by atoms with Crippen LogP contribution in [0.1, 0.15) is 36.0 Å². The summed E-state index contributed by atoms with van der Waals surface area (Å²) >= 11 is 1.15. The summed E-state index contributed by atoms with van der Waals surface area (Å²) in [5.41, 5.74) is 11.2. The number of carbonyl (C=O) groups excluding carboxylic acids is 2. The lowest BCUT2D eigenvalue weighted by atomic mass is 10.2. The molecule has 1 fully saturated rings. The van der Waals surface area contributed by atoms with Gasteiger partial charge in [0.15, 0.2) is 5.82 Å². The van der Waals surface area contributed by atoms with E-state index in [9.17, 15) is 9.59 Å². The maximum absolute atomic E-state index is 12.0. The van der Waals surface area contributed by atoms with E-state index < -0.39 is 0 Å². The maximum atomic E-state index is 12.0. The van der Waals surface area contributed by atoms with Crippen LogP contribution in [-0.4, -0.2) is 28.8 Å². The first-order chi connectivity index (χ1) is 9.08. The highest BCUT2D eigenvalue weighted by Gasteiger charge is 2.27. The van der Waals surface area contributed by atoms with Crippen LogP contribution in [0, 0.1) is 0 Å². The summed E-state index contributed by atoms with van der Waals surface area (Å²) in [6, 6.07) is 0.273. The van der Waals surface area contributed by atoms with Crippen molar-refractivity contribution in [1.29, 1.82) is 0 Å². The van der Waals surface area contributed by atoms with Gasteiger partial charge in [-0.2, -0.15) is 4.37 Å². The molecule has 0 radical (unpaired) electrons. The molecule has 0 bridgehead atoms. The smallest absolute Gasteiger partial charge is 0.258 e. The van der Waals surface area contributed by atoms with Gasteiger partial charge in [0, 0.05) is 19.0 Å². The molecular weight excluding hydrogens is 266 g/mol. The van der Waals surface area contributed by atoms with E-state index in [4.69, 9.17) is 11.5 Å². The van der Waals surface area contributed by atoms with E-state index >= 15 is 0 Å². The molecule has 0 aromatic carbocycles. The second kappa shape index (κ2) is 5.87. The molecule has 0 unspecified atom stereocenters. The summed E-state index contributed by atoms with van der Waals surface area (Å²) in [4.78, 5) is 22.6. The predicted molar refractivity (Wildman–Crippen MR) is 73.9 cm³/mol. The first kappa shape index (κ1) is 13.6. The monoisotopic (exact) mass is 283 g/mol. The van der Waals surface area contributed by atoms with Gasteiger partial charge in [-0.15, -0.1) is 0 Å². The predicted octanol–water partition coefficient (Wildman–Crippen LogP) is 0.295. The van der Waals surface area contributed by atoms with Crippen LogP contribution in [0.4, 0.5) is 10.8 Å². The Balaban J connectivity index is 1.92. The average Bonchev–Trinajstić information content (AvgIpc) is 3.07. The van der Waals surface area contributed by atoms with E-state index in [0.29, 0.717) is 30.0 Å². The van der Waals surface area contributed by atoms with Crippen LogP contribution in [0.5, 0.6) is 0 Å². The molecule has 6 N–H and O–H groups in total. The van der Waals surface area contributed by atoms with Gasteiger partial charge in [-0.25, -0.2) is 0 Å². The van der Waals surface area contributed by atoms with Gasteiger partial charge in [0.2, 0.25) is 5.91 Å². The summed E-state index contributed by atoms with van der Waals surface area (Å²) in [6.45, 7) is 0.550. The molecule has 1 aliphatic rings. The van der Waals surface area contributed by atoms with Crippen molar-refractivity contribution in [3.05, 3.63) is 5.56 Å². The van der Waals surface area contributed by atoms with Crippen molar-refractivity contribution in [2.45, 2.75) is 31.7 Å². The third-order valence-electron chi connectivity index (χ3n) is 2.74. The average molecular weight is 283 g/mol. The highest BCUT2D eigenvalue weighted by molar-refractivity contribution is 7.11. The summed E-state index contributed by atoms with van der Waals surface area (Å²) in [6.07, 6.45) is 2.96. The van der Waals surface area contributed by atoms with Crippen molar-refractivity contribution in [3.63, 3.8) is 0 Å². The molecule has 0 atom stereocenters. The molecule has 2 rings (SSSR count). The fourth-order valence-corrected chi connectivity index (χ4v) is 2.33. The van der Waals surface area contributed by atoms with Crippen molar-refractivity contribution in [3.8, 4) is 0 Å². The Morgan fingerprint density at radius 1 is 1.42 bits per heavy atom. The van der Waals surface area contributed by atoms with Crippen LogP contribution >= 0.6 is 11.5 Å². The molecular formula is C11H17N5O2S. The van der Waals surface area contributed by atoms with Crippen LogP contribution in [0.15, 0.2) is 0 Å². The van der Waals surface area contributed by atoms with Crippen LogP contribution in [0.2, 0.25) is 0 Å². The van der Waals surface area contributed by atoms with Crippen molar-refractivity contribution in [2.24, 2.45) is 5.73 Å². The quantitative estimate of drug-likeness (QED) is 0.536. The van der Waals surface area contributed by atoms with Crippen molar-refractivity contribution in [2.75, 3.05) is 17.6 Å². The summed E-state index contributed by atoms with van der Waals surface area (Å²) in [7, 11) is 0. The van der Waals surface area contributed by atoms with Gasteiger partial charge in [-0.05, 0) is 30.8 Å². The van der Waals surface area contributed by atoms with E-state index in [1.54, 1.807) is 0 Å². The van der Waals surface area contributed by atoms with Gasteiger partial charge < -0.3 is 22.1 Å². The number of hydrogen-bond donors (Lipinski definition) is 4. The first-order valence-electron chi connectivity index (χ1n) is 6.16. The Morgan fingerprint density at radius 3 is 2.79 bits per heavy atom. The zero-order valence-corrected chi connectivity index (χ0v) is 11.3. The molecule has 7 nitrogen and oxygen atoms in total. The third-order valence-corrected chi connectivity index (χ3v) is 3.56. The first-order valence-corrected chi connectivity index (χ1v) is 6.93. The van der Waals surface area contributed by atoms with E-state index in [2.05, 4.69) is 15.0 Å². The normalized spacial score (nSPS) is 14.1. The minimum atomic E-state index is -0.336. The Kier molecular flexibility index (Phi) is 4.20. The van der Waals surface area contributed by atoms with Gasteiger partial charge >= 0.3 is 0 Å². The second-order valence-corrected chi connectivity index (χ2v) is 5.29. The molecule has 1 aromatic heterocycles. The minimum absolute atomic E-state index is 0.189. The summed E-state index contributed by atoms with van der Waals surface area (Å²) in [5.74, 6) is -0.288. The molecule has 1 aromatic rings. The minimum Gasteiger partial charge on any atom is -0.382 e. The van der Waals surface area contributed by atoms with E-state index in [0.717, 1.165) is 24.4 Å². The Morgan fingerprint density at radius 2 is 2.16 bits per heavy atom. The molecule has 1 saturated carbocycles. The summed E-state index contributed by atoms with van der Waals surface area (Å²) < 4.78 is 3.98. The number of carbonyl (C=O) groups is 2. The zero-order chi connectivity index (χ0) is 13.8. The van der Waals surface area contributed by atoms with Crippen molar-refractivity contribution >= 4 is 34.2 Å². The van der Waals surface area contributed by atoms with Crippen molar-refractivity contribution < 1.29 is 9.59 Å². The molecule has 1 aliphatic carbocycles. The second-order valence-electron chi connectivity index (χ2n) is 4.52. The van der Waals surface area contributed by atoms with E-state index in [1.807, 2.05) is 0 Å². The lowest BCUT2D eigenvalue weighted by Gasteiger charge is -2.07. The van der Waals surface area contributed by atoms with E-state index in [-0.39, 0.29) is 23.7 Å². The molecule has 1 heterocycles. The third kappa shape index (κ3) is 3.82. The van der Waals surface area contributed by atoms with Crippen LogP contribution in [0.25, 0.3) is 0 Å². The lowest BCUT2D eigenvalue weighted by Crippen LogP contribution is -2.26. The zero-order valence-electron chi connectivity index (χ0n) is 10.4. The number of anilines is 2. The van der Waals surface area contributed by atoms with Crippen LogP contribution in [-0.2, 0) is 4.79 Å². The molecule has 104 valence electrons.